The fraction of sp³-hybridized carbons (Fsp3) is 0.483. The molecule has 0 aliphatic heterocycles. The summed E-state index contributed by atoms with van der Waals surface area (Å²) in [5.74, 6) is 7.92. The van der Waals surface area contributed by atoms with Crippen molar-refractivity contribution in [2.45, 2.75) is 45.2 Å². The molecule has 0 spiro atoms. The second-order valence-corrected chi connectivity index (χ2v) is 10.0. The van der Waals surface area contributed by atoms with Crippen LogP contribution in [0.3, 0.4) is 0 Å². The number of aromatic nitrogens is 3. The third-order valence-electron chi connectivity index (χ3n) is 6.47. The van der Waals surface area contributed by atoms with Crippen LogP contribution >= 0.6 is 0 Å². The molecule has 1 aliphatic carbocycles. The molecule has 0 bridgehead atoms. The van der Waals surface area contributed by atoms with E-state index in [2.05, 4.69) is 49.7 Å². The molecule has 1 aliphatic rings. The normalized spacial score (nSPS) is 16.9. The number of nitrogens with one attached hydrogen (secondary N) is 3. The fourth-order valence-corrected chi connectivity index (χ4v) is 3.84. The quantitative estimate of drug-likeness (QED) is 0.271. The molecule has 0 aromatic carbocycles. The number of anilines is 3. The lowest BCUT2D eigenvalue weighted by Crippen LogP contribution is -2.51. The van der Waals surface area contributed by atoms with Gasteiger partial charge in [0, 0.05) is 56.1 Å². The van der Waals surface area contributed by atoms with Crippen LogP contribution < -0.4 is 20.7 Å². The van der Waals surface area contributed by atoms with Gasteiger partial charge >= 0.3 is 0 Å². The van der Waals surface area contributed by atoms with Gasteiger partial charge in [-0.25, -0.2) is 9.97 Å². The van der Waals surface area contributed by atoms with E-state index in [-0.39, 0.29) is 23.8 Å². The summed E-state index contributed by atoms with van der Waals surface area (Å²) >= 11 is 0. The largest absolute Gasteiger partial charge is 0.481 e. The molecule has 1 fully saturated rings. The van der Waals surface area contributed by atoms with Crippen LogP contribution in [0.25, 0.3) is 0 Å². The molecule has 11 nitrogen and oxygen atoms in total. The molecule has 3 rings (SSSR count). The minimum Gasteiger partial charge on any atom is -0.481 e. The Morgan fingerprint density at radius 3 is 2.73 bits per heavy atom. The maximum atomic E-state index is 12.7. The average molecular weight is 549 g/mol. The van der Waals surface area contributed by atoms with Crippen molar-refractivity contribution in [1.29, 1.82) is 0 Å². The molecule has 40 heavy (non-hydrogen) atoms. The Bertz CT molecular complexity index is 1250. The molecule has 0 radical (unpaired) electrons. The minimum absolute atomic E-state index is 0.0416. The van der Waals surface area contributed by atoms with Crippen LogP contribution in [-0.2, 0) is 9.59 Å². The maximum Gasteiger partial charge on any atom is 0.246 e. The number of likely N-dealkylation sites (N-methyl/N-ethyl adjacent to an activating group) is 2. The summed E-state index contributed by atoms with van der Waals surface area (Å²) < 4.78 is 5.17. The number of rotatable bonds is 12. The topological polar surface area (TPSA) is 125 Å². The Hall–Kier alpha value is -4.17. The summed E-state index contributed by atoms with van der Waals surface area (Å²) in [5, 5.41) is 9.54. The van der Waals surface area contributed by atoms with Gasteiger partial charge in [0.05, 0.1) is 18.9 Å². The Morgan fingerprint density at radius 2 is 2.02 bits per heavy atom. The molecular formula is C29H40N8O3. The lowest BCUT2D eigenvalue weighted by Gasteiger charge is -2.34. The Labute approximate surface area is 236 Å². The molecule has 2 heterocycles. The molecule has 3 N–H and O–H groups in total. The van der Waals surface area contributed by atoms with Gasteiger partial charge in [0.15, 0.2) is 0 Å². The highest BCUT2D eigenvalue weighted by Gasteiger charge is 2.31. The van der Waals surface area contributed by atoms with E-state index in [9.17, 15) is 9.59 Å². The van der Waals surface area contributed by atoms with E-state index in [1.807, 2.05) is 25.1 Å². The zero-order chi connectivity index (χ0) is 29.1. The van der Waals surface area contributed by atoms with Gasteiger partial charge in [0.2, 0.25) is 23.6 Å². The minimum atomic E-state index is -0.564. The standard InChI is InChI=1S/C29H40N8O3/c1-7-13-31-27-22(19-32-29(35-27)34-23-12-14-30-25(18-23)40-6)11-10-21-16-24(17-21)33-28(39)20(2)37(5)26(38)9-8-15-36(3)4/h8-9,12,14,18-21,24H,7,13,15-17H2,1-6H3,(H,33,39)(H2,30,31,32,34,35). The maximum absolute atomic E-state index is 12.7. The van der Waals surface area contributed by atoms with Crippen molar-refractivity contribution in [3.8, 4) is 17.7 Å². The number of pyridine rings is 1. The summed E-state index contributed by atoms with van der Waals surface area (Å²) in [6.07, 6.45) is 9.10. The third kappa shape index (κ3) is 8.95. The van der Waals surface area contributed by atoms with E-state index in [0.29, 0.717) is 24.2 Å². The van der Waals surface area contributed by atoms with Gasteiger partial charge in [0.25, 0.3) is 0 Å². The van der Waals surface area contributed by atoms with E-state index in [1.54, 1.807) is 45.6 Å². The predicted molar refractivity (Wildman–Crippen MR) is 156 cm³/mol. The van der Waals surface area contributed by atoms with Crippen molar-refractivity contribution in [3.63, 3.8) is 0 Å². The number of carbonyl (C=O) groups excluding carboxylic acids is 2. The van der Waals surface area contributed by atoms with Crippen LogP contribution in [0, 0.1) is 17.8 Å². The summed E-state index contributed by atoms with van der Waals surface area (Å²) in [7, 11) is 7.06. The van der Waals surface area contributed by atoms with Gasteiger partial charge in [-0.15, -0.1) is 0 Å². The first-order valence-electron chi connectivity index (χ1n) is 13.5. The number of carbonyl (C=O) groups is 2. The Morgan fingerprint density at radius 1 is 1.25 bits per heavy atom. The van der Waals surface area contributed by atoms with Gasteiger partial charge in [-0.05, 0) is 46.3 Å². The van der Waals surface area contributed by atoms with Crippen molar-refractivity contribution in [3.05, 3.63) is 42.2 Å². The molecular weight excluding hydrogens is 508 g/mol. The molecule has 1 unspecified atom stereocenters. The van der Waals surface area contributed by atoms with Crippen molar-refractivity contribution < 1.29 is 14.3 Å². The molecule has 11 heteroatoms. The van der Waals surface area contributed by atoms with Crippen LogP contribution in [0.1, 0.15) is 38.7 Å². The number of nitrogens with zero attached hydrogens (tertiary/aromatic N) is 5. The number of hydrogen-bond acceptors (Lipinski definition) is 9. The zero-order valence-corrected chi connectivity index (χ0v) is 24.2. The Balaban J connectivity index is 1.55. The van der Waals surface area contributed by atoms with Gasteiger partial charge in [0.1, 0.15) is 11.9 Å². The summed E-state index contributed by atoms with van der Waals surface area (Å²) in [5.41, 5.74) is 1.48. The van der Waals surface area contributed by atoms with Crippen molar-refractivity contribution in [1.82, 2.24) is 30.1 Å². The summed E-state index contributed by atoms with van der Waals surface area (Å²) in [4.78, 5) is 41.6. The van der Waals surface area contributed by atoms with E-state index in [0.717, 1.165) is 37.1 Å². The second-order valence-electron chi connectivity index (χ2n) is 10.0. The third-order valence-corrected chi connectivity index (χ3v) is 6.47. The molecule has 1 atom stereocenters. The van der Waals surface area contributed by atoms with Crippen LogP contribution in [-0.4, -0.2) is 90.0 Å². The SMILES string of the molecule is CCCNc1nc(Nc2ccnc(OC)c2)ncc1C#CC1CC(NC(=O)C(C)N(C)C(=O)C=CCN(C)C)C1. The Kier molecular flexibility index (Phi) is 11.3. The highest BCUT2D eigenvalue weighted by atomic mass is 16.5. The first-order valence-corrected chi connectivity index (χ1v) is 13.5. The highest BCUT2D eigenvalue weighted by molar-refractivity contribution is 5.92. The summed E-state index contributed by atoms with van der Waals surface area (Å²) in [6.45, 7) is 5.24. The summed E-state index contributed by atoms with van der Waals surface area (Å²) in [6, 6.07) is 3.05. The zero-order valence-electron chi connectivity index (χ0n) is 24.2. The van der Waals surface area contributed by atoms with Gasteiger partial charge in [-0.2, -0.15) is 4.98 Å². The number of methoxy groups -OCH3 is 1. The molecule has 2 aromatic heterocycles. The number of amides is 2. The van der Waals surface area contributed by atoms with Crippen LogP contribution in [0.15, 0.2) is 36.7 Å². The van der Waals surface area contributed by atoms with Gasteiger partial charge < -0.3 is 30.5 Å². The predicted octanol–water partition coefficient (Wildman–Crippen LogP) is 2.66. The molecule has 2 amide bonds. The average Bonchev–Trinajstić information content (AvgIpc) is 2.92. The van der Waals surface area contributed by atoms with Gasteiger partial charge in [-0.1, -0.05) is 24.8 Å². The van der Waals surface area contributed by atoms with Crippen LogP contribution in [0.4, 0.5) is 17.5 Å². The van der Waals surface area contributed by atoms with Crippen molar-refractivity contribution >= 4 is 29.3 Å². The van der Waals surface area contributed by atoms with Crippen molar-refractivity contribution in [2.75, 3.05) is 52.0 Å². The second kappa shape index (κ2) is 14.8. The highest BCUT2D eigenvalue weighted by Crippen LogP contribution is 2.27. The van der Waals surface area contributed by atoms with E-state index in [4.69, 9.17) is 4.74 Å². The smallest absolute Gasteiger partial charge is 0.246 e. The molecule has 0 saturated heterocycles. The lowest BCUT2D eigenvalue weighted by molar-refractivity contribution is -0.135. The monoisotopic (exact) mass is 548 g/mol. The number of hydrogen-bond donors (Lipinski definition) is 3. The molecule has 1 saturated carbocycles. The van der Waals surface area contributed by atoms with E-state index in [1.165, 1.54) is 11.0 Å². The molecule has 214 valence electrons. The van der Waals surface area contributed by atoms with Gasteiger partial charge in [-0.3, -0.25) is 9.59 Å². The van der Waals surface area contributed by atoms with Crippen LogP contribution in [0.2, 0.25) is 0 Å². The first-order chi connectivity index (χ1) is 19.2. The molecule has 2 aromatic rings. The van der Waals surface area contributed by atoms with E-state index < -0.39 is 6.04 Å². The number of ether oxygens (including phenoxy) is 1. The van der Waals surface area contributed by atoms with Crippen LogP contribution in [0.5, 0.6) is 5.88 Å². The lowest BCUT2D eigenvalue weighted by atomic mass is 9.80. The van der Waals surface area contributed by atoms with E-state index >= 15 is 0 Å². The first kappa shape index (κ1) is 30.4. The fourth-order valence-electron chi connectivity index (χ4n) is 3.84. The van der Waals surface area contributed by atoms with Crippen molar-refractivity contribution in [2.24, 2.45) is 5.92 Å².